The van der Waals surface area contributed by atoms with Crippen LogP contribution in [0, 0.1) is 5.82 Å². The topological polar surface area (TPSA) is 55.3 Å². The maximum Gasteiger partial charge on any atom is 0.254 e. The second kappa shape index (κ2) is 8.85. The van der Waals surface area contributed by atoms with Gasteiger partial charge >= 0.3 is 0 Å². The number of ether oxygens (including phenoxy) is 1. The molecule has 0 bridgehead atoms. The van der Waals surface area contributed by atoms with Gasteiger partial charge in [-0.1, -0.05) is 30.3 Å². The van der Waals surface area contributed by atoms with Gasteiger partial charge in [-0.3, -0.25) is 14.8 Å². The first-order valence-corrected chi connectivity index (χ1v) is 10.6. The number of fused-ring (bicyclic) bond motifs is 1. The molecule has 5 nitrogen and oxygen atoms in total. The van der Waals surface area contributed by atoms with E-state index in [1.807, 2.05) is 53.4 Å². The Labute approximate surface area is 185 Å². The summed E-state index contributed by atoms with van der Waals surface area (Å²) in [5.41, 5.74) is 4.11. The zero-order valence-corrected chi connectivity index (χ0v) is 17.4. The second-order valence-corrected chi connectivity index (χ2v) is 7.84. The van der Waals surface area contributed by atoms with Gasteiger partial charge in [0.25, 0.3) is 5.91 Å². The van der Waals surface area contributed by atoms with Gasteiger partial charge in [0.05, 0.1) is 24.4 Å². The van der Waals surface area contributed by atoms with Crippen molar-refractivity contribution >= 4 is 16.8 Å². The Morgan fingerprint density at radius 2 is 1.88 bits per heavy atom. The summed E-state index contributed by atoms with van der Waals surface area (Å²) in [7, 11) is 0. The summed E-state index contributed by atoms with van der Waals surface area (Å²) in [6, 6.07) is 21.6. The van der Waals surface area contributed by atoms with E-state index in [1.54, 1.807) is 18.3 Å². The van der Waals surface area contributed by atoms with Crippen molar-refractivity contribution < 1.29 is 13.9 Å². The first kappa shape index (κ1) is 20.3. The van der Waals surface area contributed by atoms with E-state index in [2.05, 4.69) is 4.98 Å². The molecule has 0 spiro atoms. The van der Waals surface area contributed by atoms with Gasteiger partial charge in [0.2, 0.25) is 0 Å². The molecule has 0 aliphatic carbocycles. The van der Waals surface area contributed by atoms with Crippen LogP contribution in [0.3, 0.4) is 0 Å². The van der Waals surface area contributed by atoms with Gasteiger partial charge in [0, 0.05) is 35.8 Å². The summed E-state index contributed by atoms with van der Waals surface area (Å²) in [5.74, 6) is -0.280. The third-order valence-electron chi connectivity index (χ3n) is 5.69. The van der Waals surface area contributed by atoms with Crippen LogP contribution in [-0.4, -0.2) is 40.5 Å². The lowest BCUT2D eigenvalue weighted by Gasteiger charge is -2.33. The number of hydrogen-bond acceptors (Lipinski definition) is 4. The minimum Gasteiger partial charge on any atom is -0.368 e. The Morgan fingerprint density at radius 1 is 1.03 bits per heavy atom. The lowest BCUT2D eigenvalue weighted by atomic mass is 10.1. The van der Waals surface area contributed by atoms with Crippen LogP contribution in [0.4, 0.5) is 4.39 Å². The Hall–Kier alpha value is -3.64. The van der Waals surface area contributed by atoms with Gasteiger partial charge in [-0.15, -0.1) is 0 Å². The first-order chi connectivity index (χ1) is 15.7. The summed E-state index contributed by atoms with van der Waals surface area (Å²) in [4.78, 5) is 24.3. The third-order valence-corrected chi connectivity index (χ3v) is 5.69. The normalized spacial score (nSPS) is 16.3. The molecule has 160 valence electrons. The van der Waals surface area contributed by atoms with Crippen molar-refractivity contribution in [3.05, 3.63) is 107 Å². The van der Waals surface area contributed by atoms with Crippen LogP contribution in [0.15, 0.2) is 79.0 Å². The highest BCUT2D eigenvalue weighted by Crippen LogP contribution is 2.25. The number of aromatic nitrogens is 2. The molecule has 1 aliphatic heterocycles. The molecule has 1 saturated heterocycles. The van der Waals surface area contributed by atoms with Crippen molar-refractivity contribution in [3.8, 4) is 0 Å². The van der Waals surface area contributed by atoms with E-state index in [4.69, 9.17) is 9.72 Å². The predicted molar refractivity (Wildman–Crippen MR) is 120 cm³/mol. The molecule has 5 rings (SSSR count). The summed E-state index contributed by atoms with van der Waals surface area (Å²) < 4.78 is 19.1. The number of rotatable bonds is 4. The number of amides is 1. The van der Waals surface area contributed by atoms with Crippen molar-refractivity contribution in [2.24, 2.45) is 0 Å². The minimum atomic E-state index is -0.297. The molecule has 4 aromatic rings. The van der Waals surface area contributed by atoms with Gasteiger partial charge < -0.3 is 9.64 Å². The fourth-order valence-electron chi connectivity index (χ4n) is 4.06. The molecule has 1 amide bonds. The zero-order chi connectivity index (χ0) is 21.9. The van der Waals surface area contributed by atoms with Crippen LogP contribution < -0.4 is 0 Å². The maximum atomic E-state index is 13.3. The summed E-state index contributed by atoms with van der Waals surface area (Å²) >= 11 is 0. The molecule has 0 saturated carbocycles. The van der Waals surface area contributed by atoms with Crippen LogP contribution in [0.5, 0.6) is 0 Å². The van der Waals surface area contributed by atoms with Gasteiger partial charge in [-0.2, -0.15) is 0 Å². The Balaban J connectivity index is 1.35. The fraction of sp³-hybridized carbons (Fsp3) is 0.192. The van der Waals surface area contributed by atoms with Crippen molar-refractivity contribution in [3.63, 3.8) is 0 Å². The molecule has 3 heterocycles. The van der Waals surface area contributed by atoms with Crippen molar-refractivity contribution in [1.82, 2.24) is 14.9 Å². The highest BCUT2D eigenvalue weighted by molar-refractivity contribution is 6.06. The summed E-state index contributed by atoms with van der Waals surface area (Å²) in [6.07, 6.45) is 2.03. The third kappa shape index (κ3) is 4.22. The monoisotopic (exact) mass is 427 g/mol. The Bertz CT molecular complexity index is 1250. The van der Waals surface area contributed by atoms with Crippen LogP contribution >= 0.6 is 0 Å². The maximum absolute atomic E-state index is 13.3. The smallest absolute Gasteiger partial charge is 0.254 e. The number of hydrogen-bond donors (Lipinski definition) is 0. The summed E-state index contributed by atoms with van der Waals surface area (Å²) in [5, 5.41) is 0.850. The molecule has 1 atom stereocenters. The first-order valence-electron chi connectivity index (χ1n) is 10.6. The SMILES string of the molecule is O=C(c1cccc2ncccc12)N1CCO[C@@H](c2cccc(Cc3ccc(F)cc3)n2)C1. The molecule has 0 unspecified atom stereocenters. The predicted octanol–water partition coefficient (Wildman–Crippen LogP) is 4.57. The standard InChI is InChI=1S/C26H22FN3O2/c27-19-11-9-18(10-12-19)16-20-4-1-8-24(29-20)25-17-30(14-15-32-25)26(31)22-5-2-7-23-21(22)6-3-13-28-23/h1-13,25H,14-17H2/t25-/m1/s1. The van der Waals surface area contributed by atoms with Crippen molar-refractivity contribution in [1.29, 1.82) is 0 Å². The molecule has 1 fully saturated rings. The fourth-order valence-corrected chi connectivity index (χ4v) is 4.06. The van der Waals surface area contributed by atoms with Crippen LogP contribution in [0.25, 0.3) is 10.9 Å². The lowest BCUT2D eigenvalue weighted by molar-refractivity contribution is -0.0247. The summed E-state index contributed by atoms with van der Waals surface area (Å²) in [6.45, 7) is 1.41. The Morgan fingerprint density at radius 3 is 2.75 bits per heavy atom. The molecule has 6 heteroatoms. The van der Waals surface area contributed by atoms with E-state index in [9.17, 15) is 9.18 Å². The van der Waals surface area contributed by atoms with E-state index in [1.165, 1.54) is 12.1 Å². The van der Waals surface area contributed by atoms with Gasteiger partial charge in [-0.25, -0.2) is 4.39 Å². The van der Waals surface area contributed by atoms with Gasteiger partial charge in [0.1, 0.15) is 11.9 Å². The van der Waals surface area contributed by atoms with Gasteiger partial charge in [-0.05, 0) is 48.0 Å². The number of halogens is 1. The molecule has 32 heavy (non-hydrogen) atoms. The minimum absolute atomic E-state index is 0.0284. The molecular formula is C26H22FN3O2. The molecular weight excluding hydrogens is 405 g/mol. The average Bonchev–Trinajstić information content (AvgIpc) is 2.85. The Kier molecular flexibility index (Phi) is 5.60. The number of carbonyl (C=O) groups is 1. The van der Waals surface area contributed by atoms with E-state index >= 15 is 0 Å². The molecule has 2 aromatic heterocycles. The van der Waals surface area contributed by atoms with Crippen LogP contribution in [-0.2, 0) is 11.2 Å². The molecule has 1 aliphatic rings. The second-order valence-electron chi connectivity index (χ2n) is 7.84. The van der Waals surface area contributed by atoms with E-state index in [-0.39, 0.29) is 17.8 Å². The van der Waals surface area contributed by atoms with E-state index < -0.39 is 0 Å². The highest BCUT2D eigenvalue weighted by atomic mass is 19.1. The van der Waals surface area contributed by atoms with E-state index in [0.29, 0.717) is 31.7 Å². The largest absolute Gasteiger partial charge is 0.368 e. The van der Waals surface area contributed by atoms with Crippen LogP contribution in [0.1, 0.15) is 33.4 Å². The number of nitrogens with zero attached hydrogens (tertiary/aromatic N) is 3. The lowest BCUT2D eigenvalue weighted by Crippen LogP contribution is -2.42. The zero-order valence-electron chi connectivity index (χ0n) is 17.4. The van der Waals surface area contributed by atoms with E-state index in [0.717, 1.165) is 27.9 Å². The quantitative estimate of drug-likeness (QED) is 0.479. The van der Waals surface area contributed by atoms with Gasteiger partial charge in [0.15, 0.2) is 0 Å². The average molecular weight is 427 g/mol. The van der Waals surface area contributed by atoms with Crippen molar-refractivity contribution in [2.75, 3.05) is 19.7 Å². The highest BCUT2D eigenvalue weighted by Gasteiger charge is 2.28. The molecule has 0 radical (unpaired) electrons. The molecule has 2 aromatic carbocycles. The number of morpholine rings is 1. The van der Waals surface area contributed by atoms with Crippen molar-refractivity contribution in [2.45, 2.75) is 12.5 Å². The number of benzene rings is 2. The van der Waals surface area contributed by atoms with Crippen LogP contribution in [0.2, 0.25) is 0 Å². The number of carbonyl (C=O) groups excluding carboxylic acids is 1. The molecule has 0 N–H and O–H groups in total. The number of pyridine rings is 2.